The van der Waals surface area contributed by atoms with Crippen molar-refractivity contribution < 1.29 is 19.6 Å². The van der Waals surface area contributed by atoms with Crippen LogP contribution in [0.25, 0.3) is 0 Å². The molecule has 1 atom stereocenters. The molecule has 18 heavy (non-hydrogen) atoms. The van der Waals surface area contributed by atoms with Gasteiger partial charge in [0, 0.05) is 6.20 Å². The average Bonchev–Trinajstić information content (AvgIpc) is 2.27. The Balaban J connectivity index is 3.10. The fraction of sp³-hybridized carbons (Fsp3) is 0.222. The molecule has 0 saturated carbocycles. The first-order valence-electron chi connectivity index (χ1n) is 4.67. The molecule has 0 spiro atoms. The summed E-state index contributed by atoms with van der Waals surface area (Å²) in [5.41, 5.74) is -0.998. The van der Waals surface area contributed by atoms with E-state index in [-0.39, 0.29) is 5.56 Å². The Morgan fingerprint density at radius 2 is 2.22 bits per heavy atom. The van der Waals surface area contributed by atoms with Gasteiger partial charge in [0.1, 0.15) is 11.6 Å². The fourth-order valence-corrected chi connectivity index (χ4v) is 1.35. The number of carboxylic acids is 1. The van der Waals surface area contributed by atoms with E-state index in [0.717, 1.165) is 12.3 Å². The van der Waals surface area contributed by atoms with Crippen LogP contribution in [0.1, 0.15) is 17.3 Å². The molecule has 0 fully saturated rings. The Labute approximate surface area is 106 Å². The monoisotopic (exact) mass is 273 g/mol. The van der Waals surface area contributed by atoms with E-state index in [9.17, 15) is 19.7 Å². The van der Waals surface area contributed by atoms with Gasteiger partial charge in [-0.15, -0.1) is 0 Å². The van der Waals surface area contributed by atoms with Gasteiger partial charge in [0.05, 0.1) is 4.92 Å². The van der Waals surface area contributed by atoms with Gasteiger partial charge in [-0.1, -0.05) is 11.6 Å². The molecule has 0 saturated heterocycles. The van der Waals surface area contributed by atoms with Gasteiger partial charge >= 0.3 is 11.7 Å². The Hall–Kier alpha value is -2.22. The van der Waals surface area contributed by atoms with E-state index < -0.39 is 33.7 Å². The van der Waals surface area contributed by atoms with Gasteiger partial charge in [-0.05, 0) is 13.0 Å². The van der Waals surface area contributed by atoms with E-state index in [0.29, 0.717) is 0 Å². The Morgan fingerprint density at radius 1 is 1.61 bits per heavy atom. The lowest BCUT2D eigenvalue weighted by Gasteiger charge is -2.09. The predicted molar refractivity (Wildman–Crippen MR) is 60.5 cm³/mol. The van der Waals surface area contributed by atoms with Gasteiger partial charge < -0.3 is 10.4 Å². The number of aromatic nitrogens is 1. The number of carbonyl (C=O) groups excluding carboxylic acids is 1. The maximum atomic E-state index is 11.7. The highest BCUT2D eigenvalue weighted by molar-refractivity contribution is 6.32. The first kappa shape index (κ1) is 13.8. The normalized spacial score (nSPS) is 11.7. The maximum absolute atomic E-state index is 11.7. The molecule has 1 aromatic rings. The molecule has 96 valence electrons. The minimum atomic E-state index is -1.26. The fourth-order valence-electron chi connectivity index (χ4n) is 1.12. The molecule has 0 unspecified atom stereocenters. The van der Waals surface area contributed by atoms with E-state index in [4.69, 9.17) is 16.7 Å². The van der Waals surface area contributed by atoms with E-state index in [1.54, 1.807) is 0 Å². The first-order chi connectivity index (χ1) is 8.34. The highest BCUT2D eigenvalue weighted by Gasteiger charge is 2.26. The highest BCUT2D eigenvalue weighted by atomic mass is 35.5. The second-order valence-corrected chi connectivity index (χ2v) is 3.65. The van der Waals surface area contributed by atoms with Crippen LogP contribution in [0.4, 0.5) is 5.69 Å². The topological polar surface area (TPSA) is 122 Å². The minimum absolute atomic E-state index is 0.340. The lowest BCUT2D eigenvalue weighted by molar-refractivity contribution is -0.385. The second kappa shape index (κ2) is 5.41. The zero-order chi connectivity index (χ0) is 13.9. The highest BCUT2D eigenvalue weighted by Crippen LogP contribution is 2.25. The summed E-state index contributed by atoms with van der Waals surface area (Å²) in [7, 11) is 0. The summed E-state index contributed by atoms with van der Waals surface area (Å²) in [6, 6.07) is -0.0856. The second-order valence-electron chi connectivity index (χ2n) is 3.29. The zero-order valence-electron chi connectivity index (χ0n) is 9.08. The molecule has 1 rings (SSSR count). The Morgan fingerprint density at radius 3 is 2.72 bits per heavy atom. The summed E-state index contributed by atoms with van der Waals surface area (Å²) in [6.07, 6.45) is 1.12. The van der Waals surface area contributed by atoms with Crippen molar-refractivity contribution in [2.24, 2.45) is 0 Å². The quantitative estimate of drug-likeness (QED) is 0.476. The van der Waals surface area contributed by atoms with E-state index in [2.05, 4.69) is 10.3 Å². The van der Waals surface area contributed by atoms with Crippen LogP contribution in [-0.2, 0) is 4.79 Å². The lowest BCUT2D eigenvalue weighted by atomic mass is 10.2. The SMILES string of the molecule is C[C@H](NC(=O)c1ccnc(Cl)c1[N+](=O)[O-])C(=O)O. The van der Waals surface area contributed by atoms with Crippen molar-refractivity contribution in [2.75, 3.05) is 0 Å². The van der Waals surface area contributed by atoms with Crippen molar-refractivity contribution in [1.82, 2.24) is 10.3 Å². The molecular weight excluding hydrogens is 266 g/mol. The molecule has 2 N–H and O–H groups in total. The Bertz CT molecular complexity index is 519. The van der Waals surface area contributed by atoms with Crippen LogP contribution in [-0.4, -0.2) is 32.9 Å². The number of pyridine rings is 1. The summed E-state index contributed by atoms with van der Waals surface area (Å²) in [5.74, 6) is -2.16. The number of amides is 1. The number of nitrogens with one attached hydrogen (secondary N) is 1. The minimum Gasteiger partial charge on any atom is -0.480 e. The standard InChI is InChI=1S/C9H8ClN3O5/c1-4(9(15)16)12-8(14)5-2-3-11-7(10)6(5)13(17)18/h2-4H,1H3,(H,12,14)(H,15,16)/t4-/m0/s1. The number of carbonyl (C=O) groups is 2. The van der Waals surface area contributed by atoms with Gasteiger partial charge in [-0.3, -0.25) is 19.7 Å². The van der Waals surface area contributed by atoms with E-state index in [1.807, 2.05) is 0 Å². The summed E-state index contributed by atoms with van der Waals surface area (Å²) >= 11 is 5.52. The molecule has 1 aromatic heterocycles. The van der Waals surface area contributed by atoms with Crippen molar-refractivity contribution >= 4 is 29.2 Å². The molecule has 0 aromatic carbocycles. The Kier molecular flexibility index (Phi) is 4.16. The van der Waals surface area contributed by atoms with Crippen LogP contribution in [0.15, 0.2) is 12.3 Å². The third-order valence-electron chi connectivity index (χ3n) is 2.02. The zero-order valence-corrected chi connectivity index (χ0v) is 9.84. The number of hydrogen-bond donors (Lipinski definition) is 2. The summed E-state index contributed by atoms with van der Waals surface area (Å²) in [5, 5.41) is 21.0. The van der Waals surface area contributed by atoms with Gasteiger partial charge in [0.2, 0.25) is 5.15 Å². The number of carboxylic acid groups (broad SMARTS) is 1. The van der Waals surface area contributed by atoms with Gasteiger partial charge in [0.25, 0.3) is 5.91 Å². The maximum Gasteiger partial charge on any atom is 0.325 e. The molecule has 0 aliphatic heterocycles. The molecule has 0 aliphatic rings. The number of nitrogens with zero attached hydrogens (tertiary/aromatic N) is 2. The van der Waals surface area contributed by atoms with E-state index in [1.165, 1.54) is 6.92 Å². The number of hydrogen-bond acceptors (Lipinski definition) is 5. The van der Waals surface area contributed by atoms with Gasteiger partial charge in [-0.2, -0.15) is 0 Å². The summed E-state index contributed by atoms with van der Waals surface area (Å²) in [6.45, 7) is 1.23. The molecule has 0 aliphatic carbocycles. The van der Waals surface area contributed by atoms with Crippen LogP contribution in [0, 0.1) is 10.1 Å². The summed E-state index contributed by atoms with van der Waals surface area (Å²) in [4.78, 5) is 35.6. The van der Waals surface area contributed by atoms with Crippen molar-refractivity contribution in [3.8, 4) is 0 Å². The summed E-state index contributed by atoms with van der Waals surface area (Å²) < 4.78 is 0. The van der Waals surface area contributed by atoms with E-state index >= 15 is 0 Å². The first-order valence-corrected chi connectivity index (χ1v) is 5.05. The molecule has 1 heterocycles. The molecule has 9 heteroatoms. The molecule has 1 amide bonds. The van der Waals surface area contributed by atoms with Crippen molar-refractivity contribution in [3.05, 3.63) is 33.1 Å². The predicted octanol–water partition coefficient (Wildman–Crippen LogP) is 0.846. The molecular formula is C9H8ClN3O5. The lowest BCUT2D eigenvalue weighted by Crippen LogP contribution is -2.38. The van der Waals surface area contributed by atoms with Gasteiger partial charge in [0.15, 0.2) is 0 Å². The van der Waals surface area contributed by atoms with Crippen molar-refractivity contribution in [2.45, 2.75) is 13.0 Å². The number of nitro groups is 1. The third kappa shape index (κ3) is 2.92. The molecule has 0 radical (unpaired) electrons. The largest absolute Gasteiger partial charge is 0.480 e. The van der Waals surface area contributed by atoms with Crippen molar-refractivity contribution in [3.63, 3.8) is 0 Å². The van der Waals surface area contributed by atoms with Crippen LogP contribution < -0.4 is 5.32 Å². The van der Waals surface area contributed by atoms with Crippen LogP contribution in [0.3, 0.4) is 0 Å². The number of aliphatic carboxylic acids is 1. The number of halogens is 1. The average molecular weight is 274 g/mol. The van der Waals surface area contributed by atoms with Crippen LogP contribution >= 0.6 is 11.6 Å². The van der Waals surface area contributed by atoms with Crippen LogP contribution in [0.5, 0.6) is 0 Å². The third-order valence-corrected chi connectivity index (χ3v) is 2.30. The smallest absolute Gasteiger partial charge is 0.325 e. The number of rotatable bonds is 4. The van der Waals surface area contributed by atoms with Crippen LogP contribution in [0.2, 0.25) is 5.15 Å². The molecule has 0 bridgehead atoms. The van der Waals surface area contributed by atoms with Gasteiger partial charge in [-0.25, -0.2) is 4.98 Å². The molecule has 8 nitrogen and oxygen atoms in total. The van der Waals surface area contributed by atoms with Crippen molar-refractivity contribution in [1.29, 1.82) is 0 Å².